The predicted molar refractivity (Wildman–Crippen MR) is 80.7 cm³/mol. The van der Waals surface area contributed by atoms with Crippen LogP contribution < -0.4 is 0 Å². The fraction of sp³-hybridized carbons (Fsp3) is 0.467. The number of nitrogens with zero attached hydrogens (tertiary/aromatic N) is 2. The highest BCUT2D eigenvalue weighted by atomic mass is 32.1. The van der Waals surface area contributed by atoms with Gasteiger partial charge < -0.3 is 10.0 Å². The summed E-state index contributed by atoms with van der Waals surface area (Å²) in [5.41, 5.74) is 1.08. The molecule has 1 aliphatic rings. The molecule has 0 saturated carbocycles. The van der Waals surface area contributed by atoms with Crippen LogP contribution in [0.5, 0.6) is 0 Å². The minimum atomic E-state index is -0.375. The highest BCUT2D eigenvalue weighted by molar-refractivity contribution is 7.17. The van der Waals surface area contributed by atoms with Gasteiger partial charge in [0.2, 0.25) is 0 Å². The van der Waals surface area contributed by atoms with Crippen molar-refractivity contribution >= 4 is 21.4 Å². The van der Waals surface area contributed by atoms with E-state index >= 15 is 0 Å². The minimum absolute atomic E-state index is 0.375. The Morgan fingerprint density at radius 1 is 1.21 bits per heavy atom. The minimum Gasteiger partial charge on any atom is -0.387 e. The molecule has 1 aromatic carbocycles. The second-order valence-electron chi connectivity index (χ2n) is 5.31. The van der Waals surface area contributed by atoms with Crippen LogP contribution in [-0.4, -0.2) is 54.7 Å². The Hall–Kier alpha value is -0.940. The number of benzene rings is 1. The third-order valence-electron chi connectivity index (χ3n) is 3.90. The molecule has 3 nitrogen and oxygen atoms in total. The monoisotopic (exact) mass is 276 g/mol. The Morgan fingerprint density at radius 2 is 1.95 bits per heavy atom. The molecule has 0 radical (unpaired) electrons. The summed E-state index contributed by atoms with van der Waals surface area (Å²) in [7, 11) is 2.15. The molecule has 1 aliphatic heterocycles. The van der Waals surface area contributed by atoms with E-state index in [1.165, 1.54) is 10.1 Å². The Morgan fingerprint density at radius 3 is 2.74 bits per heavy atom. The molecule has 19 heavy (non-hydrogen) atoms. The van der Waals surface area contributed by atoms with Gasteiger partial charge in [-0.25, -0.2) is 0 Å². The van der Waals surface area contributed by atoms with Gasteiger partial charge in [0.1, 0.15) is 0 Å². The predicted octanol–water partition coefficient (Wildman–Crippen LogP) is 2.18. The second-order valence-corrected chi connectivity index (χ2v) is 6.22. The van der Waals surface area contributed by atoms with Crippen LogP contribution in [0.15, 0.2) is 29.6 Å². The Balaban J connectivity index is 1.71. The topological polar surface area (TPSA) is 26.7 Å². The SMILES string of the molecule is CN1CCN(CC(O)c2csc3ccccc23)CC1. The van der Waals surface area contributed by atoms with Crippen molar-refractivity contribution in [1.82, 2.24) is 9.80 Å². The molecule has 4 heteroatoms. The van der Waals surface area contributed by atoms with E-state index in [-0.39, 0.29) is 6.10 Å². The van der Waals surface area contributed by atoms with Crippen LogP contribution in [0.3, 0.4) is 0 Å². The number of β-amino-alcohol motifs (C(OH)–C–C–N with tert-alkyl or cyclic N) is 1. The van der Waals surface area contributed by atoms with Crippen molar-refractivity contribution in [2.24, 2.45) is 0 Å². The van der Waals surface area contributed by atoms with Crippen LogP contribution in [0.25, 0.3) is 10.1 Å². The summed E-state index contributed by atoms with van der Waals surface area (Å²) in [6.45, 7) is 5.04. The number of fused-ring (bicyclic) bond motifs is 1. The average molecular weight is 276 g/mol. The first kappa shape index (κ1) is 13.1. The number of hydrogen-bond donors (Lipinski definition) is 1. The lowest BCUT2D eigenvalue weighted by Crippen LogP contribution is -2.45. The third kappa shape index (κ3) is 2.82. The summed E-state index contributed by atoms with van der Waals surface area (Å²) in [4.78, 5) is 4.69. The van der Waals surface area contributed by atoms with E-state index in [1.807, 2.05) is 6.07 Å². The Labute approximate surface area is 118 Å². The highest BCUT2D eigenvalue weighted by Crippen LogP contribution is 2.30. The van der Waals surface area contributed by atoms with E-state index in [1.54, 1.807) is 11.3 Å². The van der Waals surface area contributed by atoms with E-state index in [4.69, 9.17) is 0 Å². The van der Waals surface area contributed by atoms with Gasteiger partial charge in [-0.2, -0.15) is 0 Å². The second kappa shape index (κ2) is 5.59. The number of aliphatic hydroxyl groups is 1. The molecule has 1 fully saturated rings. The zero-order chi connectivity index (χ0) is 13.2. The van der Waals surface area contributed by atoms with Gasteiger partial charge in [0.25, 0.3) is 0 Å². The van der Waals surface area contributed by atoms with Gasteiger partial charge in [0.15, 0.2) is 0 Å². The first-order valence-corrected chi connectivity index (χ1v) is 7.67. The molecule has 1 atom stereocenters. The molecule has 2 heterocycles. The van der Waals surface area contributed by atoms with E-state index < -0.39 is 0 Å². The van der Waals surface area contributed by atoms with Crippen molar-refractivity contribution in [2.75, 3.05) is 39.8 Å². The van der Waals surface area contributed by atoms with Crippen LogP contribution in [-0.2, 0) is 0 Å². The summed E-state index contributed by atoms with van der Waals surface area (Å²) in [5, 5.41) is 13.8. The summed E-state index contributed by atoms with van der Waals surface area (Å²) in [5.74, 6) is 0. The molecule has 0 spiro atoms. The molecule has 102 valence electrons. The summed E-state index contributed by atoms with van der Waals surface area (Å²) < 4.78 is 1.26. The molecule has 1 aromatic heterocycles. The van der Waals surface area contributed by atoms with Crippen molar-refractivity contribution in [3.05, 3.63) is 35.2 Å². The molecule has 1 unspecified atom stereocenters. The van der Waals surface area contributed by atoms with Gasteiger partial charge in [-0.15, -0.1) is 11.3 Å². The number of piperazine rings is 1. The lowest BCUT2D eigenvalue weighted by molar-refractivity contribution is 0.0814. The molecule has 2 aromatic rings. The zero-order valence-electron chi connectivity index (χ0n) is 11.2. The molecular weight excluding hydrogens is 256 g/mol. The number of thiophene rings is 1. The van der Waals surface area contributed by atoms with Crippen LogP contribution in [0.1, 0.15) is 11.7 Å². The maximum absolute atomic E-state index is 10.5. The number of hydrogen-bond acceptors (Lipinski definition) is 4. The van der Waals surface area contributed by atoms with Crippen molar-refractivity contribution in [3.63, 3.8) is 0 Å². The molecular formula is C15H20N2OS. The smallest absolute Gasteiger partial charge is 0.0930 e. The van der Waals surface area contributed by atoms with Crippen molar-refractivity contribution in [1.29, 1.82) is 0 Å². The van der Waals surface area contributed by atoms with E-state index in [0.717, 1.165) is 38.3 Å². The summed E-state index contributed by atoms with van der Waals surface area (Å²) >= 11 is 1.72. The quantitative estimate of drug-likeness (QED) is 0.931. The summed E-state index contributed by atoms with van der Waals surface area (Å²) in [6, 6.07) is 8.32. The fourth-order valence-electron chi connectivity index (χ4n) is 2.63. The highest BCUT2D eigenvalue weighted by Gasteiger charge is 2.19. The van der Waals surface area contributed by atoms with Gasteiger partial charge in [0.05, 0.1) is 6.10 Å². The molecule has 0 aliphatic carbocycles. The van der Waals surface area contributed by atoms with Crippen LogP contribution in [0.2, 0.25) is 0 Å². The van der Waals surface area contributed by atoms with Crippen LogP contribution >= 0.6 is 11.3 Å². The zero-order valence-corrected chi connectivity index (χ0v) is 12.1. The Bertz CT molecular complexity index is 546. The number of aliphatic hydroxyl groups excluding tert-OH is 1. The van der Waals surface area contributed by atoms with Gasteiger partial charge >= 0.3 is 0 Å². The van der Waals surface area contributed by atoms with Crippen molar-refractivity contribution in [2.45, 2.75) is 6.10 Å². The van der Waals surface area contributed by atoms with Gasteiger partial charge in [0, 0.05) is 43.0 Å². The lowest BCUT2D eigenvalue weighted by atomic mass is 10.1. The number of rotatable bonds is 3. The first-order chi connectivity index (χ1) is 9.24. The first-order valence-electron chi connectivity index (χ1n) is 6.79. The molecule has 1 N–H and O–H groups in total. The van der Waals surface area contributed by atoms with Crippen LogP contribution in [0, 0.1) is 0 Å². The van der Waals surface area contributed by atoms with E-state index in [2.05, 4.69) is 40.4 Å². The van der Waals surface area contributed by atoms with Crippen molar-refractivity contribution < 1.29 is 5.11 Å². The van der Waals surface area contributed by atoms with Crippen molar-refractivity contribution in [3.8, 4) is 0 Å². The lowest BCUT2D eigenvalue weighted by Gasteiger charge is -2.33. The molecule has 0 bridgehead atoms. The fourth-order valence-corrected chi connectivity index (χ4v) is 3.64. The van der Waals surface area contributed by atoms with E-state index in [0.29, 0.717) is 0 Å². The van der Waals surface area contributed by atoms with Gasteiger partial charge in [-0.05, 0) is 23.9 Å². The third-order valence-corrected chi connectivity index (χ3v) is 4.88. The normalized spacial score (nSPS) is 19.9. The molecule has 1 saturated heterocycles. The standard InChI is InChI=1S/C15H20N2OS/c1-16-6-8-17(9-7-16)10-14(18)13-11-19-15-5-3-2-4-12(13)15/h2-5,11,14,18H,6-10H2,1H3. The van der Waals surface area contributed by atoms with Gasteiger partial charge in [-0.1, -0.05) is 18.2 Å². The van der Waals surface area contributed by atoms with Crippen LogP contribution in [0.4, 0.5) is 0 Å². The summed E-state index contributed by atoms with van der Waals surface area (Å²) in [6.07, 6.45) is -0.375. The molecule has 0 amide bonds. The maximum atomic E-state index is 10.5. The maximum Gasteiger partial charge on any atom is 0.0930 e. The molecule has 3 rings (SSSR count). The Kier molecular flexibility index (Phi) is 3.84. The van der Waals surface area contributed by atoms with E-state index in [9.17, 15) is 5.11 Å². The van der Waals surface area contributed by atoms with Gasteiger partial charge in [-0.3, -0.25) is 4.90 Å². The largest absolute Gasteiger partial charge is 0.387 e. The average Bonchev–Trinajstić information content (AvgIpc) is 2.85. The number of likely N-dealkylation sites (N-methyl/N-ethyl adjacent to an activating group) is 1.